The summed E-state index contributed by atoms with van der Waals surface area (Å²) < 4.78 is 1.18. The fraction of sp³-hybridized carbons (Fsp3) is 0.545. The number of imide groups is 1. The SMILES string of the molecule is CC(C(=O)NC(N)=O)n1nnc(C(=O)O)c1C(C)(C)C. The van der Waals surface area contributed by atoms with E-state index >= 15 is 0 Å². The van der Waals surface area contributed by atoms with E-state index < -0.39 is 29.4 Å². The number of aromatic nitrogens is 3. The van der Waals surface area contributed by atoms with Crippen molar-refractivity contribution in [2.45, 2.75) is 39.2 Å². The fourth-order valence-corrected chi connectivity index (χ4v) is 1.74. The first-order chi connectivity index (χ1) is 9.05. The Morgan fingerprint density at radius 3 is 2.30 bits per heavy atom. The van der Waals surface area contributed by atoms with Gasteiger partial charge in [0.05, 0.1) is 5.69 Å². The van der Waals surface area contributed by atoms with Crippen molar-refractivity contribution in [2.24, 2.45) is 5.73 Å². The lowest BCUT2D eigenvalue weighted by Crippen LogP contribution is -2.40. The van der Waals surface area contributed by atoms with Gasteiger partial charge in [-0.05, 0) is 6.92 Å². The number of nitrogens with zero attached hydrogens (tertiary/aromatic N) is 3. The topological polar surface area (TPSA) is 140 Å². The molecule has 1 rings (SSSR count). The molecule has 0 aromatic carbocycles. The van der Waals surface area contributed by atoms with Gasteiger partial charge in [0.15, 0.2) is 5.69 Å². The molecule has 0 spiro atoms. The second kappa shape index (κ2) is 5.27. The van der Waals surface area contributed by atoms with Crippen LogP contribution >= 0.6 is 0 Å². The second-order valence-corrected chi connectivity index (χ2v) is 5.32. The summed E-state index contributed by atoms with van der Waals surface area (Å²) in [5, 5.41) is 18.3. The molecule has 9 nitrogen and oxygen atoms in total. The number of rotatable bonds is 3. The largest absolute Gasteiger partial charge is 0.476 e. The van der Waals surface area contributed by atoms with E-state index in [4.69, 9.17) is 10.8 Å². The number of urea groups is 1. The van der Waals surface area contributed by atoms with Gasteiger partial charge in [0.1, 0.15) is 6.04 Å². The van der Waals surface area contributed by atoms with Gasteiger partial charge in [-0.25, -0.2) is 14.3 Å². The summed E-state index contributed by atoms with van der Waals surface area (Å²) >= 11 is 0. The van der Waals surface area contributed by atoms with Crippen LogP contribution in [0.3, 0.4) is 0 Å². The maximum Gasteiger partial charge on any atom is 0.358 e. The van der Waals surface area contributed by atoms with E-state index in [0.29, 0.717) is 0 Å². The summed E-state index contributed by atoms with van der Waals surface area (Å²) in [4.78, 5) is 33.6. The van der Waals surface area contributed by atoms with Crippen molar-refractivity contribution in [2.75, 3.05) is 0 Å². The highest BCUT2D eigenvalue weighted by molar-refractivity contribution is 5.95. The predicted octanol–water partition coefficient (Wildman–Crippen LogP) is 0.0297. The van der Waals surface area contributed by atoms with E-state index in [1.54, 1.807) is 20.8 Å². The first-order valence-electron chi connectivity index (χ1n) is 5.85. The maximum absolute atomic E-state index is 11.8. The van der Waals surface area contributed by atoms with E-state index in [1.165, 1.54) is 11.6 Å². The van der Waals surface area contributed by atoms with Crippen LogP contribution in [0.15, 0.2) is 0 Å². The Morgan fingerprint density at radius 1 is 1.35 bits per heavy atom. The molecular weight excluding hydrogens is 266 g/mol. The molecule has 20 heavy (non-hydrogen) atoms. The Labute approximate surface area is 115 Å². The average Bonchev–Trinajstić information content (AvgIpc) is 2.70. The number of nitrogens with one attached hydrogen (secondary N) is 1. The fourth-order valence-electron chi connectivity index (χ4n) is 1.74. The molecule has 0 fully saturated rings. The van der Waals surface area contributed by atoms with Gasteiger partial charge in [-0.15, -0.1) is 5.10 Å². The van der Waals surface area contributed by atoms with Gasteiger partial charge in [0.25, 0.3) is 5.91 Å². The van der Waals surface area contributed by atoms with Gasteiger partial charge < -0.3 is 10.8 Å². The number of carbonyl (C=O) groups excluding carboxylic acids is 2. The molecule has 0 bridgehead atoms. The van der Waals surface area contributed by atoms with Crippen LogP contribution in [0.1, 0.15) is 49.9 Å². The van der Waals surface area contributed by atoms with Crippen LogP contribution < -0.4 is 11.1 Å². The molecule has 0 aliphatic carbocycles. The van der Waals surface area contributed by atoms with Crippen molar-refractivity contribution >= 4 is 17.9 Å². The highest BCUT2D eigenvalue weighted by Crippen LogP contribution is 2.27. The van der Waals surface area contributed by atoms with Crippen LogP contribution in [0, 0.1) is 0 Å². The summed E-state index contributed by atoms with van der Waals surface area (Å²) in [7, 11) is 0. The minimum Gasteiger partial charge on any atom is -0.476 e. The molecule has 0 aliphatic heterocycles. The molecule has 1 aromatic heterocycles. The molecule has 110 valence electrons. The quantitative estimate of drug-likeness (QED) is 0.714. The van der Waals surface area contributed by atoms with Crippen molar-refractivity contribution in [1.29, 1.82) is 0 Å². The van der Waals surface area contributed by atoms with E-state index in [2.05, 4.69) is 10.3 Å². The molecule has 3 amide bonds. The van der Waals surface area contributed by atoms with Crippen LogP contribution in [0.5, 0.6) is 0 Å². The number of primary amides is 1. The molecule has 4 N–H and O–H groups in total. The number of aromatic carboxylic acids is 1. The number of carboxylic acid groups (broad SMARTS) is 1. The van der Waals surface area contributed by atoms with Gasteiger partial charge in [0, 0.05) is 5.41 Å². The monoisotopic (exact) mass is 283 g/mol. The molecule has 0 aliphatic rings. The number of hydrogen-bond acceptors (Lipinski definition) is 5. The molecule has 9 heteroatoms. The standard InChI is InChI=1S/C11H17N5O4/c1-5(8(17)13-10(12)20)16-7(11(2,3)4)6(9(18)19)14-15-16/h5H,1-4H3,(H,18,19)(H3,12,13,17,20). The number of carboxylic acids is 1. The number of hydrogen-bond donors (Lipinski definition) is 3. The Morgan fingerprint density at radius 2 is 1.90 bits per heavy atom. The minimum atomic E-state index is -1.23. The number of carbonyl (C=O) groups is 3. The van der Waals surface area contributed by atoms with Crippen LogP contribution in [-0.2, 0) is 10.2 Å². The van der Waals surface area contributed by atoms with Crippen LogP contribution in [0.4, 0.5) is 4.79 Å². The smallest absolute Gasteiger partial charge is 0.358 e. The van der Waals surface area contributed by atoms with Crippen LogP contribution in [-0.4, -0.2) is 38.0 Å². The molecule has 1 unspecified atom stereocenters. The second-order valence-electron chi connectivity index (χ2n) is 5.32. The lowest BCUT2D eigenvalue weighted by molar-refractivity contribution is -0.123. The molecule has 0 saturated heterocycles. The molecule has 1 aromatic rings. The van der Waals surface area contributed by atoms with Gasteiger partial charge in [-0.2, -0.15) is 0 Å². The van der Waals surface area contributed by atoms with E-state index in [9.17, 15) is 14.4 Å². The van der Waals surface area contributed by atoms with Crippen LogP contribution in [0.2, 0.25) is 0 Å². The Hall–Kier alpha value is -2.45. The summed E-state index contributed by atoms with van der Waals surface area (Å²) in [6, 6.07) is -1.91. The lowest BCUT2D eigenvalue weighted by Gasteiger charge is -2.22. The number of nitrogens with two attached hydrogens (primary N) is 1. The van der Waals surface area contributed by atoms with Gasteiger partial charge in [0.2, 0.25) is 0 Å². The van der Waals surface area contributed by atoms with E-state index in [0.717, 1.165) is 0 Å². The van der Waals surface area contributed by atoms with Crippen molar-refractivity contribution in [3.8, 4) is 0 Å². The Kier molecular flexibility index (Phi) is 4.11. The predicted molar refractivity (Wildman–Crippen MR) is 68.1 cm³/mol. The van der Waals surface area contributed by atoms with Gasteiger partial charge in [-0.3, -0.25) is 10.1 Å². The molecule has 1 atom stereocenters. The maximum atomic E-state index is 11.8. The lowest BCUT2D eigenvalue weighted by atomic mass is 9.90. The molecule has 1 heterocycles. The summed E-state index contributed by atoms with van der Waals surface area (Å²) in [5.41, 5.74) is 4.34. The Bertz CT molecular complexity index is 558. The summed E-state index contributed by atoms with van der Waals surface area (Å²) in [6.45, 7) is 6.78. The van der Waals surface area contributed by atoms with Gasteiger partial charge in [-0.1, -0.05) is 26.0 Å². The normalized spacial score (nSPS) is 12.8. The minimum absolute atomic E-state index is 0.226. The first-order valence-corrected chi connectivity index (χ1v) is 5.85. The summed E-state index contributed by atoms with van der Waals surface area (Å²) in [6.07, 6.45) is 0. The molecular formula is C11H17N5O4. The van der Waals surface area contributed by atoms with Crippen molar-refractivity contribution in [1.82, 2.24) is 20.3 Å². The van der Waals surface area contributed by atoms with E-state index in [1.807, 2.05) is 5.32 Å². The Balaban J connectivity index is 3.29. The van der Waals surface area contributed by atoms with Crippen molar-refractivity contribution in [3.05, 3.63) is 11.4 Å². The zero-order chi connectivity index (χ0) is 15.7. The molecule has 0 radical (unpaired) electrons. The highest BCUT2D eigenvalue weighted by Gasteiger charge is 2.32. The van der Waals surface area contributed by atoms with Gasteiger partial charge >= 0.3 is 12.0 Å². The van der Waals surface area contributed by atoms with Crippen molar-refractivity contribution < 1.29 is 19.5 Å². The third-order valence-corrected chi connectivity index (χ3v) is 2.60. The van der Waals surface area contributed by atoms with E-state index in [-0.39, 0.29) is 11.4 Å². The third-order valence-electron chi connectivity index (χ3n) is 2.60. The third kappa shape index (κ3) is 3.11. The zero-order valence-electron chi connectivity index (χ0n) is 11.7. The zero-order valence-corrected chi connectivity index (χ0v) is 11.7. The first kappa shape index (κ1) is 15.6. The van der Waals surface area contributed by atoms with Crippen molar-refractivity contribution in [3.63, 3.8) is 0 Å². The number of amides is 3. The van der Waals surface area contributed by atoms with Crippen LogP contribution in [0.25, 0.3) is 0 Å². The average molecular weight is 283 g/mol. The molecule has 0 saturated carbocycles. The highest BCUT2D eigenvalue weighted by atomic mass is 16.4. The summed E-state index contributed by atoms with van der Waals surface area (Å²) in [5.74, 6) is -1.92.